The number of ether oxygens (including phenoxy) is 1. The van der Waals surface area contributed by atoms with Crippen LogP contribution in [0.3, 0.4) is 0 Å². The molecule has 2 fully saturated rings. The number of likely N-dealkylation sites (N-methyl/N-ethyl adjacent to an activating group) is 1. The summed E-state index contributed by atoms with van der Waals surface area (Å²) in [6.07, 6.45) is 3.18. The highest BCUT2D eigenvalue weighted by molar-refractivity contribution is 5.89. The molecule has 118 valence electrons. The summed E-state index contributed by atoms with van der Waals surface area (Å²) in [5.74, 6) is 1.50. The summed E-state index contributed by atoms with van der Waals surface area (Å²) in [5, 5.41) is 10.2. The van der Waals surface area contributed by atoms with Crippen LogP contribution in [-0.4, -0.2) is 41.5 Å². The van der Waals surface area contributed by atoms with Crippen LogP contribution in [-0.2, 0) is 16.6 Å². The molecule has 0 aromatic heterocycles. The standard InChI is InChI=1S/C17H19NO3.ClH/c1-18-7-6-17-10-3-5-13(20)16(17)21-15-12(19)4-2-9(14(15)17)8-11(10)18;/h2,4,10-11,16,19H,3,5-8H2,1H3;1H/t10?,11-,16?,17+;/m1./s1. The monoisotopic (exact) mass is 321 g/mol. The Morgan fingerprint density at radius 2 is 2.23 bits per heavy atom. The number of likely N-dealkylation sites (tertiary alicyclic amines) is 1. The average Bonchev–Trinajstić information content (AvgIpc) is 2.83. The Bertz CT molecular complexity index is 676. The number of rotatable bonds is 0. The summed E-state index contributed by atoms with van der Waals surface area (Å²) in [6, 6.07) is 4.26. The van der Waals surface area contributed by atoms with Crippen LogP contribution in [0.4, 0.5) is 0 Å². The van der Waals surface area contributed by atoms with Crippen molar-refractivity contribution in [2.24, 2.45) is 5.92 Å². The number of carbonyl (C=O) groups excluding carboxylic acids is 1. The largest absolute Gasteiger partial charge is 0.504 e. The molecule has 0 amide bonds. The summed E-state index contributed by atoms with van der Waals surface area (Å²) in [5.41, 5.74) is 2.26. The smallest absolute Gasteiger partial charge is 0.174 e. The second-order valence-electron chi connectivity index (χ2n) is 7.10. The third kappa shape index (κ3) is 1.41. The van der Waals surface area contributed by atoms with Crippen LogP contribution in [0.5, 0.6) is 11.5 Å². The van der Waals surface area contributed by atoms with Crippen molar-refractivity contribution in [2.45, 2.75) is 43.2 Å². The predicted molar refractivity (Wildman–Crippen MR) is 83.9 cm³/mol. The molecule has 4 nitrogen and oxygen atoms in total. The normalized spacial score (nSPS) is 38.0. The number of ketones is 1. The van der Waals surface area contributed by atoms with Crippen LogP contribution in [0.2, 0.25) is 0 Å². The van der Waals surface area contributed by atoms with Crippen molar-refractivity contribution in [1.29, 1.82) is 0 Å². The lowest BCUT2D eigenvalue weighted by Gasteiger charge is -2.57. The van der Waals surface area contributed by atoms with Gasteiger partial charge in [-0.2, -0.15) is 0 Å². The van der Waals surface area contributed by atoms with Crippen molar-refractivity contribution in [3.05, 3.63) is 23.3 Å². The van der Waals surface area contributed by atoms with Gasteiger partial charge in [-0.05, 0) is 50.4 Å². The maximum Gasteiger partial charge on any atom is 0.174 e. The first-order chi connectivity index (χ1) is 10.1. The fourth-order valence-electron chi connectivity index (χ4n) is 5.52. The molecule has 2 bridgehead atoms. The number of Topliss-reactive ketones (excluding diaryl/α,β-unsaturated/α-hetero) is 1. The van der Waals surface area contributed by atoms with E-state index in [2.05, 4.69) is 11.9 Å². The van der Waals surface area contributed by atoms with Gasteiger partial charge in [0.25, 0.3) is 0 Å². The number of benzene rings is 1. The molecule has 4 aliphatic rings. The van der Waals surface area contributed by atoms with Crippen molar-refractivity contribution >= 4 is 18.2 Å². The Hall–Kier alpha value is -1.26. The quantitative estimate of drug-likeness (QED) is 0.794. The number of halogens is 1. The number of aromatic hydroxyl groups is 1. The van der Waals surface area contributed by atoms with Gasteiger partial charge < -0.3 is 14.7 Å². The fraction of sp³-hybridized carbons (Fsp3) is 0.588. The van der Waals surface area contributed by atoms with Gasteiger partial charge in [-0.25, -0.2) is 0 Å². The Labute approximate surface area is 135 Å². The van der Waals surface area contributed by atoms with Crippen LogP contribution < -0.4 is 4.74 Å². The summed E-state index contributed by atoms with van der Waals surface area (Å²) in [6.45, 7) is 1.00. The highest BCUT2D eigenvalue weighted by Gasteiger charge is 2.65. The van der Waals surface area contributed by atoms with Gasteiger partial charge in [0.1, 0.15) is 0 Å². The Morgan fingerprint density at radius 3 is 3.05 bits per heavy atom. The minimum absolute atomic E-state index is 0. The van der Waals surface area contributed by atoms with Gasteiger partial charge in [0.15, 0.2) is 23.4 Å². The molecule has 5 rings (SSSR count). The molecule has 2 unspecified atom stereocenters. The van der Waals surface area contributed by atoms with E-state index in [4.69, 9.17) is 4.74 Å². The van der Waals surface area contributed by atoms with Crippen LogP contribution in [0.15, 0.2) is 12.1 Å². The maximum atomic E-state index is 12.5. The van der Waals surface area contributed by atoms with Crippen LogP contribution >= 0.6 is 12.4 Å². The summed E-state index contributed by atoms with van der Waals surface area (Å²) >= 11 is 0. The molecule has 1 aromatic rings. The van der Waals surface area contributed by atoms with Crippen molar-refractivity contribution in [3.63, 3.8) is 0 Å². The molecule has 4 atom stereocenters. The van der Waals surface area contributed by atoms with Crippen molar-refractivity contribution in [1.82, 2.24) is 4.90 Å². The molecular formula is C17H20ClNO3. The van der Waals surface area contributed by atoms with Gasteiger partial charge in [-0.15, -0.1) is 12.4 Å². The Balaban J connectivity index is 0.00000125. The van der Waals surface area contributed by atoms with Gasteiger partial charge in [-0.1, -0.05) is 6.07 Å². The Kier molecular flexibility index (Phi) is 2.86. The first kappa shape index (κ1) is 14.3. The average molecular weight is 322 g/mol. The molecule has 2 heterocycles. The van der Waals surface area contributed by atoms with Gasteiger partial charge in [0, 0.05) is 23.4 Å². The molecule has 1 N–H and O–H groups in total. The maximum absolute atomic E-state index is 12.5. The molecular weight excluding hydrogens is 302 g/mol. The summed E-state index contributed by atoms with van der Waals surface area (Å²) in [4.78, 5) is 14.9. The fourth-order valence-corrected chi connectivity index (χ4v) is 5.52. The highest BCUT2D eigenvalue weighted by atomic mass is 35.5. The van der Waals surface area contributed by atoms with E-state index < -0.39 is 0 Å². The molecule has 1 aromatic carbocycles. The number of hydrogen-bond acceptors (Lipinski definition) is 4. The third-order valence-corrected chi connectivity index (χ3v) is 6.39. The van der Waals surface area contributed by atoms with E-state index in [1.807, 2.05) is 6.07 Å². The van der Waals surface area contributed by atoms with Crippen LogP contribution in [0.1, 0.15) is 30.4 Å². The lowest BCUT2D eigenvalue weighted by molar-refractivity contribution is -0.138. The lowest BCUT2D eigenvalue weighted by Crippen LogP contribution is -2.65. The highest BCUT2D eigenvalue weighted by Crippen LogP contribution is 2.62. The zero-order valence-corrected chi connectivity index (χ0v) is 13.4. The van der Waals surface area contributed by atoms with Gasteiger partial charge in [-0.3, -0.25) is 4.79 Å². The van der Waals surface area contributed by atoms with Gasteiger partial charge in [0.05, 0.1) is 0 Å². The molecule has 5 heteroatoms. The Morgan fingerprint density at radius 1 is 1.41 bits per heavy atom. The second-order valence-corrected chi connectivity index (χ2v) is 7.10. The topological polar surface area (TPSA) is 49.8 Å². The number of phenolic OH excluding ortho intramolecular Hbond substituents is 1. The zero-order valence-electron chi connectivity index (χ0n) is 12.5. The van der Waals surface area contributed by atoms with E-state index >= 15 is 0 Å². The minimum atomic E-state index is -0.366. The van der Waals surface area contributed by atoms with E-state index in [9.17, 15) is 9.90 Å². The minimum Gasteiger partial charge on any atom is -0.504 e. The van der Waals surface area contributed by atoms with Crippen molar-refractivity contribution in [2.75, 3.05) is 13.6 Å². The molecule has 2 aliphatic heterocycles. The van der Waals surface area contributed by atoms with Crippen molar-refractivity contribution in [3.8, 4) is 11.5 Å². The van der Waals surface area contributed by atoms with Gasteiger partial charge >= 0.3 is 0 Å². The van der Waals surface area contributed by atoms with E-state index in [0.717, 1.165) is 31.4 Å². The van der Waals surface area contributed by atoms with Crippen LogP contribution in [0, 0.1) is 5.92 Å². The molecule has 1 spiro atoms. The second kappa shape index (κ2) is 4.39. The first-order valence-corrected chi connectivity index (χ1v) is 7.88. The molecule has 2 aliphatic carbocycles. The van der Waals surface area contributed by atoms with Gasteiger partial charge in [0.2, 0.25) is 0 Å². The third-order valence-electron chi connectivity index (χ3n) is 6.39. The summed E-state index contributed by atoms with van der Waals surface area (Å²) < 4.78 is 6.04. The number of carbonyl (C=O) groups is 1. The molecule has 0 radical (unpaired) electrons. The summed E-state index contributed by atoms with van der Waals surface area (Å²) in [7, 11) is 2.20. The SMILES string of the molecule is CN1CC[C@]23c4c5ccc(O)c4OC2C(=O)CCC3[C@H]1C5.Cl. The number of phenols is 1. The molecule has 1 saturated heterocycles. The first-order valence-electron chi connectivity index (χ1n) is 7.88. The molecule has 22 heavy (non-hydrogen) atoms. The van der Waals surface area contributed by atoms with Crippen molar-refractivity contribution < 1.29 is 14.6 Å². The van der Waals surface area contributed by atoms with E-state index in [1.54, 1.807) is 6.07 Å². The number of nitrogens with zero attached hydrogens (tertiary/aromatic N) is 1. The predicted octanol–water partition coefficient (Wildman–Crippen LogP) is 2.05. The van der Waals surface area contributed by atoms with E-state index in [0.29, 0.717) is 24.1 Å². The number of hydrogen-bond donors (Lipinski definition) is 1. The van der Waals surface area contributed by atoms with E-state index in [1.165, 1.54) is 5.56 Å². The lowest BCUT2D eigenvalue weighted by atomic mass is 9.52. The van der Waals surface area contributed by atoms with Crippen LogP contribution in [0.25, 0.3) is 0 Å². The van der Waals surface area contributed by atoms with E-state index in [-0.39, 0.29) is 35.5 Å². The number of piperidine rings is 1. The molecule has 1 saturated carbocycles. The zero-order chi connectivity index (χ0) is 14.4.